The molecule has 5 nitrogen and oxygen atoms in total. The molecule has 0 atom stereocenters. The summed E-state index contributed by atoms with van der Waals surface area (Å²) in [5, 5.41) is 12.8. The van der Waals surface area contributed by atoms with Crippen molar-refractivity contribution in [2.24, 2.45) is 0 Å². The van der Waals surface area contributed by atoms with Gasteiger partial charge in [0.1, 0.15) is 11.4 Å². The van der Waals surface area contributed by atoms with Crippen LogP contribution in [-0.4, -0.2) is 23.3 Å². The number of carbonyl (C=O) groups is 1. The summed E-state index contributed by atoms with van der Waals surface area (Å²) in [6, 6.07) is 5.62. The van der Waals surface area contributed by atoms with Gasteiger partial charge >= 0.3 is 5.97 Å². The fourth-order valence-corrected chi connectivity index (χ4v) is 1.79. The van der Waals surface area contributed by atoms with E-state index < -0.39 is 5.97 Å². The van der Waals surface area contributed by atoms with E-state index in [0.717, 1.165) is 11.1 Å². The van der Waals surface area contributed by atoms with Gasteiger partial charge < -0.3 is 14.4 Å². The van der Waals surface area contributed by atoms with Crippen molar-refractivity contribution in [3.8, 4) is 17.0 Å². The maximum Gasteiger partial charge on any atom is 0.375 e. The molecule has 1 N–H and O–H groups in total. The Hall–Kier alpha value is -2.30. The van der Waals surface area contributed by atoms with Crippen molar-refractivity contribution in [3.63, 3.8) is 0 Å². The second-order valence-electron chi connectivity index (χ2n) is 3.99. The Morgan fingerprint density at radius 3 is 2.67 bits per heavy atom. The topological polar surface area (TPSA) is 72.6 Å². The molecule has 0 amide bonds. The minimum atomic E-state index is -1.13. The number of ether oxygens (including phenoxy) is 1. The summed E-state index contributed by atoms with van der Waals surface area (Å²) >= 11 is 0. The van der Waals surface area contributed by atoms with Crippen LogP contribution in [0.2, 0.25) is 0 Å². The van der Waals surface area contributed by atoms with Crippen LogP contribution in [0.25, 0.3) is 11.3 Å². The van der Waals surface area contributed by atoms with Gasteiger partial charge in [-0.2, -0.15) is 0 Å². The molecule has 0 aliphatic rings. The summed E-state index contributed by atoms with van der Waals surface area (Å²) in [7, 11) is 1.56. The molecule has 0 saturated heterocycles. The zero-order chi connectivity index (χ0) is 13.3. The molecule has 0 aliphatic heterocycles. The summed E-state index contributed by atoms with van der Waals surface area (Å²) in [5.74, 6) is -0.639. The fourth-order valence-electron chi connectivity index (χ4n) is 1.79. The molecule has 1 aromatic carbocycles. The first-order chi connectivity index (χ1) is 8.54. The molecule has 0 saturated carbocycles. The average molecular weight is 247 g/mol. The number of methoxy groups -OCH3 is 1. The maximum atomic E-state index is 10.9. The standard InChI is InChI=1S/C13H13NO4/c1-7-4-5-10(17-3)9(6-7)11-8(2)12(13(15)16)18-14-11/h4-6H,1-3H3,(H,15,16). The molecule has 1 heterocycles. The van der Waals surface area contributed by atoms with Crippen LogP contribution in [0, 0.1) is 13.8 Å². The number of carboxylic acid groups (broad SMARTS) is 1. The number of rotatable bonds is 3. The Balaban J connectivity index is 2.61. The van der Waals surface area contributed by atoms with Crippen LogP contribution in [0.15, 0.2) is 22.7 Å². The first-order valence-electron chi connectivity index (χ1n) is 5.39. The number of nitrogens with zero attached hydrogens (tertiary/aromatic N) is 1. The number of hydrogen-bond acceptors (Lipinski definition) is 4. The highest BCUT2D eigenvalue weighted by Gasteiger charge is 2.21. The Bertz CT molecular complexity index is 601. The van der Waals surface area contributed by atoms with Crippen LogP contribution in [0.3, 0.4) is 0 Å². The van der Waals surface area contributed by atoms with Crippen molar-refractivity contribution < 1.29 is 19.2 Å². The number of hydrogen-bond donors (Lipinski definition) is 1. The lowest BCUT2D eigenvalue weighted by Crippen LogP contribution is -1.96. The van der Waals surface area contributed by atoms with Crippen molar-refractivity contribution in [3.05, 3.63) is 35.1 Å². The van der Waals surface area contributed by atoms with Crippen LogP contribution in [0.1, 0.15) is 21.7 Å². The molecule has 94 valence electrons. The van der Waals surface area contributed by atoms with E-state index in [1.54, 1.807) is 14.0 Å². The summed E-state index contributed by atoms with van der Waals surface area (Å²) in [6.07, 6.45) is 0. The third kappa shape index (κ3) is 1.95. The van der Waals surface area contributed by atoms with Crippen LogP contribution < -0.4 is 4.74 Å². The number of aryl methyl sites for hydroxylation is 1. The molecule has 0 aliphatic carbocycles. The van der Waals surface area contributed by atoms with Gasteiger partial charge in [-0.25, -0.2) is 4.79 Å². The van der Waals surface area contributed by atoms with E-state index in [1.165, 1.54) is 0 Å². The van der Waals surface area contributed by atoms with Crippen LogP contribution in [-0.2, 0) is 0 Å². The quantitative estimate of drug-likeness (QED) is 0.902. The van der Waals surface area contributed by atoms with Crippen LogP contribution >= 0.6 is 0 Å². The van der Waals surface area contributed by atoms with Crippen molar-refractivity contribution in [2.75, 3.05) is 7.11 Å². The van der Waals surface area contributed by atoms with E-state index in [0.29, 0.717) is 17.0 Å². The lowest BCUT2D eigenvalue weighted by molar-refractivity contribution is 0.0651. The minimum Gasteiger partial charge on any atom is -0.496 e. The van der Waals surface area contributed by atoms with Gasteiger partial charge in [0.25, 0.3) is 0 Å². The van der Waals surface area contributed by atoms with E-state index in [1.807, 2.05) is 25.1 Å². The lowest BCUT2D eigenvalue weighted by Gasteiger charge is -2.07. The van der Waals surface area contributed by atoms with Gasteiger partial charge in [0.2, 0.25) is 5.76 Å². The van der Waals surface area contributed by atoms with E-state index in [-0.39, 0.29) is 5.76 Å². The van der Waals surface area contributed by atoms with Crippen molar-refractivity contribution in [1.82, 2.24) is 5.16 Å². The SMILES string of the molecule is COc1ccc(C)cc1-c1noc(C(=O)O)c1C. The van der Waals surface area contributed by atoms with Crippen molar-refractivity contribution >= 4 is 5.97 Å². The minimum absolute atomic E-state index is 0.145. The molecular weight excluding hydrogens is 234 g/mol. The highest BCUT2D eigenvalue weighted by Crippen LogP contribution is 2.33. The van der Waals surface area contributed by atoms with Gasteiger partial charge in [-0.1, -0.05) is 16.8 Å². The molecule has 1 aromatic heterocycles. The van der Waals surface area contributed by atoms with Crippen LogP contribution in [0.4, 0.5) is 0 Å². The Morgan fingerprint density at radius 1 is 1.39 bits per heavy atom. The highest BCUT2D eigenvalue weighted by atomic mass is 16.5. The molecule has 0 fully saturated rings. The molecule has 2 rings (SSSR count). The predicted molar refractivity (Wildman–Crippen MR) is 64.9 cm³/mol. The molecule has 0 unspecified atom stereocenters. The third-order valence-corrected chi connectivity index (χ3v) is 2.73. The normalized spacial score (nSPS) is 10.4. The molecule has 0 spiro atoms. The van der Waals surface area contributed by atoms with E-state index in [2.05, 4.69) is 5.16 Å². The fraction of sp³-hybridized carbons (Fsp3) is 0.231. The molecule has 5 heteroatoms. The van der Waals surface area contributed by atoms with Crippen molar-refractivity contribution in [1.29, 1.82) is 0 Å². The van der Waals surface area contributed by atoms with E-state index in [4.69, 9.17) is 14.4 Å². The largest absolute Gasteiger partial charge is 0.496 e. The summed E-state index contributed by atoms with van der Waals surface area (Å²) in [4.78, 5) is 10.9. The Kier molecular flexibility index (Phi) is 3.06. The maximum absolute atomic E-state index is 10.9. The van der Waals surface area contributed by atoms with Crippen molar-refractivity contribution in [2.45, 2.75) is 13.8 Å². The van der Waals surface area contributed by atoms with Gasteiger partial charge in [0.15, 0.2) is 0 Å². The Morgan fingerprint density at radius 2 is 2.11 bits per heavy atom. The predicted octanol–water partition coefficient (Wildman–Crippen LogP) is 2.67. The molecule has 2 aromatic rings. The highest BCUT2D eigenvalue weighted by molar-refractivity contribution is 5.88. The van der Waals surface area contributed by atoms with Gasteiger partial charge in [-0.15, -0.1) is 0 Å². The van der Waals surface area contributed by atoms with Gasteiger partial charge in [-0.05, 0) is 26.0 Å². The van der Waals surface area contributed by atoms with E-state index in [9.17, 15) is 4.79 Å². The molecular formula is C13H13NO4. The average Bonchev–Trinajstić information content (AvgIpc) is 2.71. The smallest absolute Gasteiger partial charge is 0.375 e. The van der Waals surface area contributed by atoms with E-state index >= 15 is 0 Å². The monoisotopic (exact) mass is 247 g/mol. The summed E-state index contributed by atoms with van der Waals surface area (Å²) < 4.78 is 10.1. The van der Waals surface area contributed by atoms with Gasteiger partial charge in [0.05, 0.1) is 7.11 Å². The zero-order valence-electron chi connectivity index (χ0n) is 10.4. The van der Waals surface area contributed by atoms with Gasteiger partial charge in [-0.3, -0.25) is 0 Å². The second kappa shape index (κ2) is 4.52. The molecule has 0 radical (unpaired) electrons. The number of benzene rings is 1. The lowest BCUT2D eigenvalue weighted by atomic mass is 10.0. The van der Waals surface area contributed by atoms with Gasteiger partial charge in [0, 0.05) is 11.1 Å². The molecule has 18 heavy (non-hydrogen) atoms. The third-order valence-electron chi connectivity index (χ3n) is 2.73. The number of carboxylic acids is 1. The second-order valence-corrected chi connectivity index (χ2v) is 3.99. The first kappa shape index (κ1) is 12.2. The first-order valence-corrected chi connectivity index (χ1v) is 5.39. The summed E-state index contributed by atoms with van der Waals surface area (Å²) in [6.45, 7) is 3.60. The summed E-state index contributed by atoms with van der Waals surface area (Å²) in [5.41, 5.74) is 2.75. The Labute approximate surface area is 104 Å². The number of aromatic nitrogens is 1. The number of aromatic carboxylic acids is 1. The van der Waals surface area contributed by atoms with Crippen LogP contribution in [0.5, 0.6) is 5.75 Å². The molecule has 0 bridgehead atoms. The zero-order valence-corrected chi connectivity index (χ0v) is 10.4.